The quantitative estimate of drug-likeness (QED) is 0.628. The average Bonchev–Trinajstić information content (AvgIpc) is 2.47. The lowest BCUT2D eigenvalue weighted by molar-refractivity contribution is 0.940. The molecule has 2 aromatic rings. The summed E-state index contributed by atoms with van der Waals surface area (Å²) in [6.45, 7) is 0. The lowest BCUT2D eigenvalue weighted by atomic mass is 10.4. The monoisotopic (exact) mass is 212 g/mol. The highest BCUT2D eigenvalue weighted by Gasteiger charge is 2.08. The lowest BCUT2D eigenvalue weighted by Gasteiger charge is -1.96. The van der Waals surface area contributed by atoms with E-state index in [1.807, 2.05) is 6.07 Å². The molecule has 0 amide bonds. The van der Waals surface area contributed by atoms with Gasteiger partial charge >= 0.3 is 0 Å². The van der Waals surface area contributed by atoms with Gasteiger partial charge < -0.3 is 0 Å². The summed E-state index contributed by atoms with van der Waals surface area (Å²) in [5.41, 5.74) is 0.726. The zero-order chi connectivity index (χ0) is 9.42. The van der Waals surface area contributed by atoms with Crippen LogP contribution in [0, 0.1) is 11.3 Å². The standard InChI is InChI=1S/C7H2Cl2N4/c8-5-1-6(9)13-7(12-5)4(2-10)3-11-13/h1,3H. The summed E-state index contributed by atoms with van der Waals surface area (Å²) in [5.74, 6) is 0. The number of nitrogens with zero attached hydrogens (tertiary/aromatic N) is 4. The molecule has 0 fully saturated rings. The Morgan fingerprint density at radius 2 is 2.23 bits per heavy atom. The van der Waals surface area contributed by atoms with Crippen LogP contribution in [0.25, 0.3) is 5.65 Å². The molecule has 6 heteroatoms. The van der Waals surface area contributed by atoms with Crippen molar-refractivity contribution >= 4 is 28.8 Å². The summed E-state index contributed by atoms with van der Waals surface area (Å²) in [6, 6.07) is 3.40. The van der Waals surface area contributed by atoms with Crippen LogP contribution < -0.4 is 0 Å². The smallest absolute Gasteiger partial charge is 0.176 e. The average molecular weight is 213 g/mol. The third-order valence-electron chi connectivity index (χ3n) is 1.52. The molecule has 0 aliphatic heterocycles. The Balaban J connectivity index is 2.92. The number of fused-ring (bicyclic) bond motifs is 1. The molecule has 0 saturated carbocycles. The molecule has 2 aromatic heterocycles. The Bertz CT molecular complexity index is 511. The molecule has 0 aromatic carbocycles. The number of hydrogen-bond acceptors (Lipinski definition) is 3. The summed E-state index contributed by atoms with van der Waals surface area (Å²) in [5, 5.41) is 13.1. The fourth-order valence-electron chi connectivity index (χ4n) is 0.978. The second-order valence-corrected chi connectivity index (χ2v) is 3.08. The molecule has 2 heterocycles. The minimum atomic E-state index is 0.245. The first-order chi connectivity index (χ1) is 6.22. The van der Waals surface area contributed by atoms with Crippen molar-refractivity contribution in [3.8, 4) is 6.07 Å². The van der Waals surface area contributed by atoms with Crippen molar-refractivity contribution in [2.24, 2.45) is 0 Å². The summed E-state index contributed by atoms with van der Waals surface area (Å²) in [7, 11) is 0. The molecule has 0 saturated heterocycles. The van der Waals surface area contributed by atoms with Crippen LogP contribution in [0.3, 0.4) is 0 Å². The summed E-state index contributed by atoms with van der Waals surface area (Å²) in [6.07, 6.45) is 1.39. The highest BCUT2D eigenvalue weighted by atomic mass is 35.5. The fourth-order valence-corrected chi connectivity index (χ4v) is 1.44. The molecule has 0 radical (unpaired) electrons. The minimum Gasteiger partial charge on any atom is -0.215 e. The predicted molar refractivity (Wildman–Crippen MR) is 47.7 cm³/mol. The third kappa shape index (κ3) is 1.22. The number of rotatable bonds is 0. The van der Waals surface area contributed by atoms with Crippen LogP contribution in [-0.2, 0) is 0 Å². The van der Waals surface area contributed by atoms with Crippen molar-refractivity contribution in [1.29, 1.82) is 5.26 Å². The van der Waals surface area contributed by atoms with Gasteiger partial charge in [0.2, 0.25) is 0 Å². The maximum atomic E-state index is 8.68. The van der Waals surface area contributed by atoms with Crippen LogP contribution in [0.1, 0.15) is 5.56 Å². The first-order valence-corrected chi connectivity index (χ1v) is 4.08. The maximum Gasteiger partial charge on any atom is 0.176 e. The molecular formula is C7H2Cl2N4. The Morgan fingerprint density at radius 1 is 1.46 bits per heavy atom. The van der Waals surface area contributed by atoms with Crippen LogP contribution in [0.5, 0.6) is 0 Å². The van der Waals surface area contributed by atoms with Gasteiger partial charge in [-0.3, -0.25) is 0 Å². The van der Waals surface area contributed by atoms with Gasteiger partial charge in [0, 0.05) is 6.07 Å². The predicted octanol–water partition coefficient (Wildman–Crippen LogP) is 1.91. The van der Waals surface area contributed by atoms with Gasteiger partial charge in [-0.2, -0.15) is 10.4 Å². The van der Waals surface area contributed by atoms with E-state index in [9.17, 15) is 0 Å². The SMILES string of the molecule is N#Cc1cnn2c(Cl)cc(Cl)nc12. The molecule has 0 atom stereocenters. The lowest BCUT2D eigenvalue weighted by Crippen LogP contribution is -1.92. The van der Waals surface area contributed by atoms with Gasteiger partial charge in [0.15, 0.2) is 5.65 Å². The molecule has 0 aliphatic carbocycles. The molecule has 4 nitrogen and oxygen atoms in total. The number of nitriles is 1. The van der Waals surface area contributed by atoms with Crippen molar-refractivity contribution in [3.05, 3.63) is 28.1 Å². The van der Waals surface area contributed by atoms with Crippen molar-refractivity contribution in [2.45, 2.75) is 0 Å². The molecule has 0 unspecified atom stereocenters. The summed E-state index contributed by atoms with van der Waals surface area (Å²) >= 11 is 11.5. The third-order valence-corrected chi connectivity index (χ3v) is 1.98. The minimum absolute atomic E-state index is 0.245. The number of aromatic nitrogens is 3. The summed E-state index contributed by atoms with van der Waals surface area (Å²) < 4.78 is 1.35. The maximum absolute atomic E-state index is 8.68. The van der Waals surface area contributed by atoms with E-state index in [1.54, 1.807) is 0 Å². The highest BCUT2D eigenvalue weighted by molar-refractivity contribution is 6.33. The van der Waals surface area contributed by atoms with Gasteiger partial charge in [-0.15, -0.1) is 0 Å². The normalized spacial score (nSPS) is 10.2. The first-order valence-electron chi connectivity index (χ1n) is 3.32. The van der Waals surface area contributed by atoms with E-state index in [-0.39, 0.29) is 5.15 Å². The van der Waals surface area contributed by atoms with Crippen molar-refractivity contribution in [2.75, 3.05) is 0 Å². The topological polar surface area (TPSA) is 54.0 Å². The van der Waals surface area contributed by atoms with E-state index in [2.05, 4.69) is 10.1 Å². The number of halogens is 2. The van der Waals surface area contributed by atoms with E-state index < -0.39 is 0 Å². The van der Waals surface area contributed by atoms with Crippen molar-refractivity contribution in [1.82, 2.24) is 14.6 Å². The van der Waals surface area contributed by atoms with E-state index in [4.69, 9.17) is 28.5 Å². The Morgan fingerprint density at radius 3 is 2.92 bits per heavy atom. The second kappa shape index (κ2) is 2.87. The fraction of sp³-hybridized carbons (Fsp3) is 0. The van der Waals surface area contributed by atoms with Gasteiger partial charge in [0.05, 0.1) is 6.20 Å². The number of hydrogen-bond donors (Lipinski definition) is 0. The molecule has 13 heavy (non-hydrogen) atoms. The molecule has 0 spiro atoms. The van der Waals surface area contributed by atoms with Gasteiger partial charge in [0.1, 0.15) is 21.9 Å². The molecule has 64 valence electrons. The molecule has 0 bridgehead atoms. The van der Waals surface area contributed by atoms with Crippen LogP contribution in [0.15, 0.2) is 12.3 Å². The van der Waals surface area contributed by atoms with Crippen molar-refractivity contribution < 1.29 is 0 Å². The van der Waals surface area contributed by atoms with Gasteiger partial charge in [-0.25, -0.2) is 9.50 Å². The van der Waals surface area contributed by atoms with Crippen LogP contribution in [0.2, 0.25) is 10.3 Å². The molecular weight excluding hydrogens is 211 g/mol. The van der Waals surface area contributed by atoms with Crippen LogP contribution in [-0.4, -0.2) is 14.6 Å². The second-order valence-electron chi connectivity index (χ2n) is 2.31. The van der Waals surface area contributed by atoms with Gasteiger partial charge in [-0.1, -0.05) is 23.2 Å². The zero-order valence-electron chi connectivity index (χ0n) is 6.20. The van der Waals surface area contributed by atoms with Crippen LogP contribution >= 0.6 is 23.2 Å². The van der Waals surface area contributed by atoms with E-state index in [1.165, 1.54) is 16.8 Å². The van der Waals surface area contributed by atoms with E-state index in [0.29, 0.717) is 16.4 Å². The van der Waals surface area contributed by atoms with E-state index >= 15 is 0 Å². The molecule has 0 aliphatic rings. The molecule has 2 rings (SSSR count). The Labute approximate surface area is 83.3 Å². The largest absolute Gasteiger partial charge is 0.215 e. The van der Waals surface area contributed by atoms with Crippen molar-refractivity contribution in [3.63, 3.8) is 0 Å². The molecule has 0 N–H and O–H groups in total. The van der Waals surface area contributed by atoms with Gasteiger partial charge in [-0.05, 0) is 0 Å². The Hall–Kier alpha value is -1.31. The van der Waals surface area contributed by atoms with Gasteiger partial charge in [0.25, 0.3) is 0 Å². The zero-order valence-corrected chi connectivity index (χ0v) is 7.71. The van der Waals surface area contributed by atoms with Crippen LogP contribution in [0.4, 0.5) is 0 Å². The highest BCUT2D eigenvalue weighted by Crippen LogP contribution is 2.17. The summed E-state index contributed by atoms with van der Waals surface area (Å²) in [4.78, 5) is 3.93. The van der Waals surface area contributed by atoms with E-state index in [0.717, 1.165) is 0 Å². The Kier molecular flexibility index (Phi) is 1.83. The first kappa shape index (κ1) is 8.30.